The molecular weight excluding hydrogens is 486 g/mol. The Bertz CT molecular complexity index is 1320. The van der Waals surface area contributed by atoms with Crippen LogP contribution in [-0.4, -0.2) is 62.0 Å². The Hall–Kier alpha value is -3.07. The average Bonchev–Trinajstić information content (AvgIpc) is 3.25. The number of hydrogen-bond acceptors (Lipinski definition) is 5. The maximum atomic E-state index is 13.5. The van der Waals surface area contributed by atoms with Gasteiger partial charge >= 0.3 is 0 Å². The van der Waals surface area contributed by atoms with E-state index in [0.717, 1.165) is 33.6 Å². The molecule has 0 fully saturated rings. The summed E-state index contributed by atoms with van der Waals surface area (Å²) >= 11 is 0. The number of ether oxygens (including phenoxy) is 1. The zero-order chi connectivity index (χ0) is 26.9. The van der Waals surface area contributed by atoms with Crippen molar-refractivity contribution >= 4 is 16.9 Å². The van der Waals surface area contributed by atoms with Crippen molar-refractivity contribution in [1.82, 2.24) is 14.2 Å². The first kappa shape index (κ1) is 27.0. The van der Waals surface area contributed by atoms with Gasteiger partial charge in [0.25, 0.3) is 5.91 Å². The fraction of sp³-hybridized carbons (Fsp3) is 0.379. The Morgan fingerprint density at radius 1 is 1.11 bits per heavy atom. The third kappa shape index (κ3) is 5.46. The number of pyridine rings is 1. The van der Waals surface area contributed by atoms with Crippen molar-refractivity contribution in [1.29, 1.82) is 0 Å². The Kier molecular flexibility index (Phi) is 7.83. The minimum absolute atomic E-state index is 0.0499. The van der Waals surface area contributed by atoms with Gasteiger partial charge in [0.05, 0.1) is 23.6 Å². The third-order valence-electron chi connectivity index (χ3n) is 6.48. The summed E-state index contributed by atoms with van der Waals surface area (Å²) in [7, 11) is 3.74. The summed E-state index contributed by atoms with van der Waals surface area (Å²) in [5.41, 5.74) is 5.78. The molecule has 0 unspecified atom stereocenters. The Balaban J connectivity index is 1.89. The first-order valence-electron chi connectivity index (χ1n) is 12.3. The monoisotopic (exact) mass is 521 g/mol. The van der Waals surface area contributed by atoms with E-state index in [1.54, 1.807) is 21.2 Å². The quantitative estimate of drug-likeness (QED) is 0.482. The molecule has 4 rings (SSSR count). The predicted octanol–water partition coefficient (Wildman–Crippen LogP) is 4.83. The van der Waals surface area contributed by atoms with Crippen molar-refractivity contribution in [3.63, 3.8) is 0 Å². The van der Waals surface area contributed by atoms with Crippen molar-refractivity contribution in [2.75, 3.05) is 27.8 Å². The van der Waals surface area contributed by atoms with Gasteiger partial charge in [0.15, 0.2) is 0 Å². The van der Waals surface area contributed by atoms with Crippen LogP contribution in [0.1, 0.15) is 54.8 Å². The predicted molar refractivity (Wildman–Crippen MR) is 148 cm³/mol. The number of benzene rings is 2. The highest BCUT2D eigenvalue weighted by atomic mass is 32.2. The highest BCUT2D eigenvalue weighted by Gasteiger charge is 2.40. The van der Waals surface area contributed by atoms with E-state index < -0.39 is 15.7 Å². The van der Waals surface area contributed by atoms with E-state index in [9.17, 15) is 14.1 Å². The van der Waals surface area contributed by atoms with Gasteiger partial charge in [0.2, 0.25) is 0 Å². The molecule has 2 aromatic carbocycles. The standard InChI is InChI=1S/C29H35N3O4S/c1-29(2,3)37(35)32-18-22-17-24(28(34)31(4)5)30-27(26(22)25(32)14-15-33)21-9-7-8-20(16-21)19-10-12-23(36-6)13-11-19/h7-13,16-17,25,33H,14-15,18H2,1-6H3/t25-,37-/m1/s1. The highest BCUT2D eigenvalue weighted by Crippen LogP contribution is 2.44. The molecule has 1 N–H and O–H groups in total. The number of nitrogens with zero attached hydrogens (tertiary/aromatic N) is 3. The van der Waals surface area contributed by atoms with Gasteiger partial charge < -0.3 is 14.7 Å². The number of aromatic nitrogens is 1. The molecule has 1 aromatic heterocycles. The van der Waals surface area contributed by atoms with Crippen LogP contribution in [0.3, 0.4) is 0 Å². The van der Waals surface area contributed by atoms with Crippen LogP contribution in [0, 0.1) is 0 Å². The van der Waals surface area contributed by atoms with Crippen LogP contribution in [0.5, 0.6) is 5.75 Å². The topological polar surface area (TPSA) is 83.0 Å². The summed E-state index contributed by atoms with van der Waals surface area (Å²) in [6, 6.07) is 17.4. The molecule has 1 aliphatic heterocycles. The second-order valence-electron chi connectivity index (χ2n) is 10.4. The maximum absolute atomic E-state index is 13.5. The molecule has 0 saturated heterocycles. The van der Waals surface area contributed by atoms with Gasteiger partial charge in [-0.15, -0.1) is 0 Å². The first-order valence-corrected chi connectivity index (χ1v) is 13.5. The lowest BCUT2D eigenvalue weighted by Gasteiger charge is -2.30. The van der Waals surface area contributed by atoms with E-state index in [0.29, 0.717) is 24.4 Å². The van der Waals surface area contributed by atoms with Crippen molar-refractivity contribution in [2.45, 2.75) is 44.5 Å². The smallest absolute Gasteiger partial charge is 0.271 e. The number of aliphatic hydroxyl groups excluding tert-OH is 1. The van der Waals surface area contributed by atoms with Crippen molar-refractivity contribution < 1.29 is 18.8 Å². The summed E-state index contributed by atoms with van der Waals surface area (Å²) < 4.78 is 20.3. The number of rotatable bonds is 7. The number of methoxy groups -OCH3 is 1. The fourth-order valence-corrected chi connectivity index (χ4v) is 6.06. The number of aliphatic hydroxyl groups is 1. The Labute approximate surface area is 221 Å². The van der Waals surface area contributed by atoms with Crippen LogP contribution in [0.4, 0.5) is 0 Å². The van der Waals surface area contributed by atoms with Crippen LogP contribution >= 0.6 is 0 Å². The van der Waals surface area contributed by atoms with Crippen molar-refractivity contribution in [3.8, 4) is 28.1 Å². The molecule has 37 heavy (non-hydrogen) atoms. The van der Waals surface area contributed by atoms with E-state index in [-0.39, 0.29) is 18.6 Å². The first-order chi connectivity index (χ1) is 17.5. The second-order valence-corrected chi connectivity index (χ2v) is 12.6. The molecular formula is C29H35N3O4S. The lowest BCUT2D eigenvalue weighted by Crippen LogP contribution is -2.36. The van der Waals surface area contributed by atoms with E-state index in [1.165, 1.54) is 4.90 Å². The Morgan fingerprint density at radius 2 is 1.78 bits per heavy atom. The summed E-state index contributed by atoms with van der Waals surface area (Å²) in [5.74, 6) is 0.595. The van der Waals surface area contributed by atoms with Crippen molar-refractivity contribution in [2.24, 2.45) is 0 Å². The van der Waals surface area contributed by atoms with Gasteiger partial charge in [-0.1, -0.05) is 30.3 Å². The van der Waals surface area contributed by atoms with Crippen LogP contribution in [0.15, 0.2) is 54.6 Å². The van der Waals surface area contributed by atoms with Gasteiger partial charge in [-0.3, -0.25) is 4.79 Å². The average molecular weight is 522 g/mol. The zero-order valence-electron chi connectivity index (χ0n) is 22.3. The molecule has 8 heteroatoms. The number of carbonyl (C=O) groups is 1. The van der Waals surface area contributed by atoms with E-state index in [1.807, 2.05) is 73.6 Å². The largest absolute Gasteiger partial charge is 0.497 e. The van der Waals surface area contributed by atoms with Gasteiger partial charge in [-0.2, -0.15) is 0 Å². The molecule has 0 spiro atoms. The third-order valence-corrected chi connectivity index (χ3v) is 8.33. The molecule has 3 aromatic rings. The number of amides is 1. The van der Waals surface area contributed by atoms with E-state index in [4.69, 9.17) is 9.72 Å². The molecule has 0 radical (unpaired) electrons. The molecule has 0 bridgehead atoms. The van der Waals surface area contributed by atoms with Crippen LogP contribution in [-0.2, 0) is 17.5 Å². The second kappa shape index (κ2) is 10.7. The molecule has 7 nitrogen and oxygen atoms in total. The normalized spacial score (nSPS) is 16.4. The van der Waals surface area contributed by atoms with Gasteiger partial charge in [-0.05, 0) is 68.1 Å². The van der Waals surface area contributed by atoms with Gasteiger partial charge in [-0.25, -0.2) is 13.5 Å². The summed E-state index contributed by atoms with van der Waals surface area (Å²) in [4.78, 5) is 19.4. The molecule has 2 atom stereocenters. The zero-order valence-corrected chi connectivity index (χ0v) is 23.1. The number of fused-ring (bicyclic) bond motifs is 1. The lowest BCUT2D eigenvalue weighted by molar-refractivity contribution is 0.0822. The van der Waals surface area contributed by atoms with Crippen LogP contribution in [0.2, 0.25) is 0 Å². The summed E-state index contributed by atoms with van der Waals surface area (Å²) in [6.07, 6.45) is 0.419. The molecule has 1 amide bonds. The molecule has 196 valence electrons. The molecule has 2 heterocycles. The molecule has 0 aliphatic carbocycles. The summed E-state index contributed by atoms with van der Waals surface area (Å²) in [6.45, 7) is 6.21. The minimum atomic E-state index is -1.31. The summed E-state index contributed by atoms with van der Waals surface area (Å²) in [5, 5.41) is 9.95. The molecule has 0 saturated carbocycles. The fourth-order valence-electron chi connectivity index (χ4n) is 4.66. The highest BCUT2D eigenvalue weighted by molar-refractivity contribution is 7.84. The van der Waals surface area contributed by atoms with Gasteiger partial charge in [0.1, 0.15) is 22.4 Å². The Morgan fingerprint density at radius 3 is 2.38 bits per heavy atom. The lowest BCUT2D eigenvalue weighted by atomic mass is 9.94. The SMILES string of the molecule is COc1ccc(-c2cccc(-c3nc(C(=O)N(C)C)cc4c3[C@@H](CCO)N([S@](=O)C(C)(C)C)C4)c2)cc1. The van der Waals surface area contributed by atoms with E-state index >= 15 is 0 Å². The minimum Gasteiger partial charge on any atom is -0.497 e. The van der Waals surface area contributed by atoms with E-state index in [2.05, 4.69) is 6.07 Å². The van der Waals surface area contributed by atoms with Crippen molar-refractivity contribution in [3.05, 3.63) is 71.4 Å². The number of carbonyl (C=O) groups excluding carboxylic acids is 1. The number of hydrogen-bond donors (Lipinski definition) is 1. The van der Waals surface area contributed by atoms with Crippen LogP contribution < -0.4 is 4.74 Å². The van der Waals surface area contributed by atoms with Crippen LogP contribution in [0.25, 0.3) is 22.4 Å². The molecule has 1 aliphatic rings. The maximum Gasteiger partial charge on any atom is 0.271 e. The van der Waals surface area contributed by atoms with Gasteiger partial charge in [0, 0.05) is 38.4 Å².